The Kier molecular flexibility index (Phi) is 5.51. The first-order valence-corrected chi connectivity index (χ1v) is 7.69. The Morgan fingerprint density at radius 2 is 1.96 bits per heavy atom. The van der Waals surface area contributed by atoms with Gasteiger partial charge in [0.15, 0.2) is 0 Å². The van der Waals surface area contributed by atoms with E-state index in [1.807, 2.05) is 51.1 Å². The summed E-state index contributed by atoms with van der Waals surface area (Å²) in [5.74, 6) is -0.381. The van der Waals surface area contributed by atoms with Crippen LogP contribution in [0.2, 0.25) is 0 Å². The Morgan fingerprint density at radius 3 is 2.57 bits per heavy atom. The van der Waals surface area contributed by atoms with Crippen LogP contribution in [-0.4, -0.2) is 45.4 Å². The van der Waals surface area contributed by atoms with Crippen molar-refractivity contribution >= 4 is 11.8 Å². The molecule has 2 rings (SSSR count). The van der Waals surface area contributed by atoms with E-state index >= 15 is 0 Å². The second kappa shape index (κ2) is 7.58. The third-order valence-corrected chi connectivity index (χ3v) is 3.35. The molecule has 0 aliphatic rings. The number of amides is 2. The summed E-state index contributed by atoms with van der Waals surface area (Å²) in [6.45, 7) is 6.11. The molecule has 1 N–H and O–H groups in total. The molecule has 6 heteroatoms. The van der Waals surface area contributed by atoms with Crippen LogP contribution in [-0.2, 0) is 4.79 Å². The van der Waals surface area contributed by atoms with Crippen LogP contribution in [0.15, 0.2) is 42.9 Å². The maximum Gasteiger partial charge on any atom is 0.272 e. The summed E-state index contributed by atoms with van der Waals surface area (Å²) in [5.41, 5.74) is 1.30. The van der Waals surface area contributed by atoms with Gasteiger partial charge in [-0.05, 0) is 32.9 Å². The van der Waals surface area contributed by atoms with E-state index in [2.05, 4.69) is 10.3 Å². The second-order valence-corrected chi connectivity index (χ2v) is 5.53. The summed E-state index contributed by atoms with van der Waals surface area (Å²) in [4.78, 5) is 30.2. The van der Waals surface area contributed by atoms with E-state index in [0.29, 0.717) is 12.2 Å². The summed E-state index contributed by atoms with van der Waals surface area (Å²) in [5, 5.41) is 2.80. The topological polar surface area (TPSA) is 67.2 Å². The van der Waals surface area contributed by atoms with Gasteiger partial charge in [-0.25, -0.2) is 4.98 Å². The first-order chi connectivity index (χ1) is 11.0. The van der Waals surface area contributed by atoms with Crippen LogP contribution in [0.3, 0.4) is 0 Å². The fourth-order valence-corrected chi connectivity index (χ4v) is 2.28. The van der Waals surface area contributed by atoms with Gasteiger partial charge >= 0.3 is 0 Å². The van der Waals surface area contributed by atoms with Crippen LogP contribution in [0.1, 0.15) is 31.3 Å². The minimum absolute atomic E-state index is 0.0352. The van der Waals surface area contributed by atoms with Gasteiger partial charge in [0.2, 0.25) is 5.91 Å². The van der Waals surface area contributed by atoms with E-state index < -0.39 is 0 Å². The van der Waals surface area contributed by atoms with Crippen LogP contribution in [0.25, 0.3) is 5.69 Å². The van der Waals surface area contributed by atoms with Crippen molar-refractivity contribution in [2.45, 2.75) is 26.8 Å². The number of hydrogen-bond donors (Lipinski definition) is 1. The zero-order valence-corrected chi connectivity index (χ0v) is 13.7. The Hall–Kier alpha value is -2.63. The first kappa shape index (κ1) is 16.7. The van der Waals surface area contributed by atoms with Crippen molar-refractivity contribution in [3.05, 3.63) is 48.5 Å². The van der Waals surface area contributed by atoms with Crippen LogP contribution in [0.5, 0.6) is 0 Å². The number of benzene rings is 1. The molecule has 1 heterocycles. The quantitative estimate of drug-likeness (QED) is 0.885. The fraction of sp³-hybridized carbons (Fsp3) is 0.353. The number of nitrogens with one attached hydrogen (secondary N) is 1. The van der Waals surface area contributed by atoms with E-state index in [9.17, 15) is 9.59 Å². The first-order valence-electron chi connectivity index (χ1n) is 7.69. The lowest BCUT2D eigenvalue weighted by Crippen LogP contribution is -2.43. The molecule has 122 valence electrons. The van der Waals surface area contributed by atoms with Gasteiger partial charge in [-0.1, -0.05) is 18.2 Å². The van der Waals surface area contributed by atoms with E-state index in [4.69, 9.17) is 0 Å². The maximum absolute atomic E-state index is 12.7. The smallest absolute Gasteiger partial charge is 0.272 e. The minimum atomic E-state index is -0.215. The molecule has 2 amide bonds. The number of hydrogen-bond acceptors (Lipinski definition) is 3. The molecule has 0 aliphatic carbocycles. The number of imidazole rings is 1. The molecule has 0 aliphatic heterocycles. The molecule has 1 aromatic heterocycles. The number of nitrogens with zero attached hydrogens (tertiary/aromatic N) is 3. The minimum Gasteiger partial charge on any atom is -0.352 e. The molecular weight excluding hydrogens is 292 g/mol. The maximum atomic E-state index is 12.7. The van der Waals surface area contributed by atoms with E-state index in [0.717, 1.165) is 5.69 Å². The zero-order valence-electron chi connectivity index (χ0n) is 13.7. The van der Waals surface area contributed by atoms with Crippen LogP contribution >= 0.6 is 0 Å². The fourth-order valence-electron chi connectivity index (χ4n) is 2.28. The summed E-state index contributed by atoms with van der Waals surface area (Å²) in [7, 11) is 0. The molecule has 6 nitrogen and oxygen atoms in total. The van der Waals surface area contributed by atoms with Crippen LogP contribution in [0.4, 0.5) is 0 Å². The third-order valence-electron chi connectivity index (χ3n) is 3.35. The van der Waals surface area contributed by atoms with Crippen molar-refractivity contribution in [3.63, 3.8) is 0 Å². The van der Waals surface area contributed by atoms with Crippen molar-refractivity contribution in [2.75, 3.05) is 13.1 Å². The molecule has 0 radical (unpaired) electrons. The molecule has 0 saturated heterocycles. The number of aromatic nitrogens is 2. The number of para-hydroxylation sites is 1. The van der Waals surface area contributed by atoms with E-state index in [-0.39, 0.29) is 24.4 Å². The lowest BCUT2D eigenvalue weighted by atomic mass is 10.3. The lowest BCUT2D eigenvalue weighted by Gasteiger charge is -2.21. The summed E-state index contributed by atoms with van der Waals surface area (Å²) < 4.78 is 1.73. The van der Waals surface area contributed by atoms with Gasteiger partial charge in [0, 0.05) is 18.3 Å². The van der Waals surface area contributed by atoms with E-state index in [1.165, 1.54) is 11.1 Å². The van der Waals surface area contributed by atoms with Gasteiger partial charge in [-0.15, -0.1) is 0 Å². The van der Waals surface area contributed by atoms with Gasteiger partial charge in [0.1, 0.15) is 5.69 Å². The number of carbonyl (C=O) groups is 2. The lowest BCUT2D eigenvalue weighted by molar-refractivity contribution is -0.122. The second-order valence-electron chi connectivity index (χ2n) is 5.53. The number of carbonyl (C=O) groups excluding carboxylic acids is 2. The Morgan fingerprint density at radius 1 is 1.26 bits per heavy atom. The highest BCUT2D eigenvalue weighted by molar-refractivity contribution is 5.95. The normalized spacial score (nSPS) is 10.6. The molecule has 23 heavy (non-hydrogen) atoms. The molecule has 0 spiro atoms. The molecule has 2 aromatic rings. The van der Waals surface area contributed by atoms with Gasteiger partial charge in [0.05, 0.1) is 19.1 Å². The Balaban J connectivity index is 2.19. The van der Waals surface area contributed by atoms with Crippen molar-refractivity contribution in [1.82, 2.24) is 19.8 Å². The highest BCUT2D eigenvalue weighted by Gasteiger charge is 2.21. The molecule has 1 aromatic carbocycles. The van der Waals surface area contributed by atoms with Gasteiger partial charge in [-0.2, -0.15) is 0 Å². The highest BCUT2D eigenvalue weighted by Crippen LogP contribution is 2.12. The molecule has 0 atom stereocenters. The largest absolute Gasteiger partial charge is 0.352 e. The third kappa shape index (κ3) is 4.18. The Labute approximate surface area is 136 Å². The van der Waals surface area contributed by atoms with Crippen LogP contribution in [0, 0.1) is 0 Å². The average molecular weight is 314 g/mol. The van der Waals surface area contributed by atoms with Gasteiger partial charge in [0.25, 0.3) is 5.91 Å². The monoisotopic (exact) mass is 314 g/mol. The van der Waals surface area contributed by atoms with Crippen molar-refractivity contribution < 1.29 is 9.59 Å². The molecule has 0 fully saturated rings. The predicted molar refractivity (Wildman–Crippen MR) is 88.4 cm³/mol. The Bertz CT molecular complexity index is 664. The standard InChI is InChI=1S/C17H22N4O2/c1-4-20(11-16(22)19-13(2)3)17(23)15-10-18-12-21(15)14-8-6-5-7-9-14/h5-10,12-13H,4,11H2,1-3H3,(H,19,22). The average Bonchev–Trinajstić information content (AvgIpc) is 3.01. The van der Waals surface area contributed by atoms with Crippen molar-refractivity contribution in [3.8, 4) is 5.69 Å². The van der Waals surface area contributed by atoms with Crippen LogP contribution < -0.4 is 5.32 Å². The molecular formula is C17H22N4O2. The highest BCUT2D eigenvalue weighted by atomic mass is 16.2. The van der Waals surface area contributed by atoms with Crippen molar-refractivity contribution in [2.24, 2.45) is 0 Å². The summed E-state index contributed by atoms with van der Waals surface area (Å²) in [6, 6.07) is 9.57. The zero-order chi connectivity index (χ0) is 16.8. The molecule has 0 unspecified atom stereocenters. The van der Waals surface area contributed by atoms with Gasteiger partial charge < -0.3 is 10.2 Å². The van der Waals surface area contributed by atoms with Gasteiger partial charge in [-0.3, -0.25) is 14.2 Å². The van der Waals surface area contributed by atoms with Crippen molar-refractivity contribution in [1.29, 1.82) is 0 Å². The molecule has 0 saturated carbocycles. The SMILES string of the molecule is CCN(CC(=O)NC(C)C)C(=O)c1cncn1-c1ccccc1. The number of rotatable bonds is 6. The number of likely N-dealkylation sites (N-methyl/N-ethyl adjacent to an activating group) is 1. The van der Waals surface area contributed by atoms with E-state index in [1.54, 1.807) is 10.9 Å². The summed E-state index contributed by atoms with van der Waals surface area (Å²) >= 11 is 0. The molecule has 0 bridgehead atoms. The predicted octanol–water partition coefficient (Wildman–Crippen LogP) is 1.86. The summed E-state index contributed by atoms with van der Waals surface area (Å²) in [6.07, 6.45) is 3.13.